The quantitative estimate of drug-likeness (QED) is 0.256. The van der Waals surface area contributed by atoms with Crippen LogP contribution in [-0.2, 0) is 20.9 Å². The zero-order valence-corrected chi connectivity index (χ0v) is 17.2. The highest BCUT2D eigenvalue weighted by atomic mass is 32.1. The van der Waals surface area contributed by atoms with E-state index >= 15 is 0 Å². The molecule has 0 saturated carbocycles. The first-order valence-corrected chi connectivity index (χ1v) is 12.5. The van der Waals surface area contributed by atoms with Gasteiger partial charge in [-0.15, -0.1) is 11.3 Å². The third-order valence-electron chi connectivity index (χ3n) is 3.00. The number of amides is 2. The van der Waals surface area contributed by atoms with E-state index in [0.717, 1.165) is 17.4 Å². The molecule has 0 fully saturated rings. The van der Waals surface area contributed by atoms with Gasteiger partial charge in [0.25, 0.3) is 11.8 Å². The number of aromatic nitrogens is 1. The van der Waals surface area contributed by atoms with E-state index in [1.807, 2.05) is 0 Å². The van der Waals surface area contributed by atoms with Crippen LogP contribution in [-0.4, -0.2) is 49.0 Å². The van der Waals surface area contributed by atoms with Crippen molar-refractivity contribution in [1.29, 1.82) is 0 Å². The summed E-state index contributed by atoms with van der Waals surface area (Å²) in [5.41, 5.74) is 3.37. The van der Waals surface area contributed by atoms with E-state index in [2.05, 4.69) is 35.5 Å². The lowest BCUT2D eigenvalue weighted by Crippen LogP contribution is -2.50. The summed E-state index contributed by atoms with van der Waals surface area (Å²) < 4.78 is 10.8. The summed E-state index contributed by atoms with van der Waals surface area (Å²) >= 11 is 1.14. The van der Waals surface area contributed by atoms with Gasteiger partial charge in [0, 0.05) is 20.1 Å². The number of ether oxygens (including phenoxy) is 2. The van der Waals surface area contributed by atoms with Gasteiger partial charge in [0.1, 0.15) is 12.4 Å². The molecule has 3 N–H and O–H groups in total. The molecule has 8 nitrogen and oxygen atoms in total. The molecule has 0 unspecified atom stereocenters. The highest BCUT2D eigenvalue weighted by molar-refractivity contribution is 7.11. The molecule has 2 amide bonds. The van der Waals surface area contributed by atoms with Crippen LogP contribution in [0.4, 0.5) is 0 Å². The van der Waals surface area contributed by atoms with Crippen molar-refractivity contribution in [2.75, 3.05) is 13.4 Å². The standard InChI is InChI=1S/C15H27N3O5SSi/c1-15(2,21)14(20)18-17-12(19)13-16-11(9-24-13)8-23-10-22-6-7-25(3,4)5/h9,21H,6-8,10H2,1-5H3,(H,17,19)(H,18,20). The fraction of sp³-hybridized carbons (Fsp3) is 0.667. The molecular weight excluding hydrogens is 362 g/mol. The molecule has 25 heavy (non-hydrogen) atoms. The van der Waals surface area contributed by atoms with Crippen molar-refractivity contribution in [3.05, 3.63) is 16.1 Å². The van der Waals surface area contributed by atoms with Crippen molar-refractivity contribution in [1.82, 2.24) is 15.8 Å². The highest BCUT2D eigenvalue weighted by Crippen LogP contribution is 2.11. The minimum atomic E-state index is -1.58. The molecule has 0 aliphatic heterocycles. The van der Waals surface area contributed by atoms with Crippen molar-refractivity contribution in [2.45, 2.75) is 51.7 Å². The van der Waals surface area contributed by atoms with Gasteiger partial charge in [-0.3, -0.25) is 20.4 Å². The molecule has 1 heterocycles. The summed E-state index contributed by atoms with van der Waals surface area (Å²) in [6.45, 7) is 10.6. The second-order valence-electron chi connectivity index (χ2n) is 7.30. The first kappa shape index (κ1) is 21.7. The number of carbonyl (C=O) groups excluding carboxylic acids is 2. The maximum absolute atomic E-state index is 11.9. The van der Waals surface area contributed by atoms with Crippen LogP contribution in [0.25, 0.3) is 0 Å². The number of nitrogens with one attached hydrogen (secondary N) is 2. The van der Waals surface area contributed by atoms with E-state index in [1.165, 1.54) is 13.8 Å². The third kappa shape index (κ3) is 9.07. The van der Waals surface area contributed by atoms with Gasteiger partial charge in [-0.2, -0.15) is 0 Å². The topological polar surface area (TPSA) is 110 Å². The largest absolute Gasteiger partial charge is 0.381 e. The molecule has 142 valence electrons. The van der Waals surface area contributed by atoms with Crippen molar-refractivity contribution in [2.24, 2.45) is 0 Å². The van der Waals surface area contributed by atoms with Gasteiger partial charge in [0.05, 0.1) is 12.3 Å². The van der Waals surface area contributed by atoms with E-state index in [0.29, 0.717) is 12.3 Å². The molecule has 1 rings (SSSR count). The molecule has 10 heteroatoms. The van der Waals surface area contributed by atoms with Crippen LogP contribution in [0, 0.1) is 0 Å². The minimum absolute atomic E-state index is 0.186. The number of hydrogen-bond donors (Lipinski definition) is 3. The van der Waals surface area contributed by atoms with Crippen LogP contribution in [0.15, 0.2) is 5.38 Å². The van der Waals surface area contributed by atoms with E-state index in [1.54, 1.807) is 5.38 Å². The average Bonchev–Trinajstić information content (AvgIpc) is 2.94. The molecule has 0 saturated heterocycles. The molecule has 0 aliphatic rings. The Balaban J connectivity index is 2.29. The molecule has 1 aromatic heterocycles. The number of hydrogen-bond acceptors (Lipinski definition) is 7. The normalized spacial score (nSPS) is 12.1. The van der Waals surface area contributed by atoms with E-state index in [4.69, 9.17) is 9.47 Å². The zero-order valence-electron chi connectivity index (χ0n) is 15.3. The van der Waals surface area contributed by atoms with Gasteiger partial charge in [0.2, 0.25) is 0 Å². The summed E-state index contributed by atoms with van der Waals surface area (Å²) in [5.74, 6) is -1.27. The van der Waals surface area contributed by atoms with Gasteiger partial charge in [-0.25, -0.2) is 4.98 Å². The lowest BCUT2D eigenvalue weighted by Gasteiger charge is -2.16. The smallest absolute Gasteiger partial charge is 0.298 e. The molecular formula is C15H27N3O5SSi. The SMILES string of the molecule is CC(C)(O)C(=O)NNC(=O)c1nc(COCOCC[Si](C)(C)C)cs1. The first-order valence-electron chi connectivity index (χ1n) is 7.92. The van der Waals surface area contributed by atoms with E-state index in [-0.39, 0.29) is 18.4 Å². The molecule has 0 spiro atoms. The van der Waals surface area contributed by atoms with E-state index < -0.39 is 25.5 Å². The van der Waals surface area contributed by atoms with Crippen LogP contribution in [0.3, 0.4) is 0 Å². The Hall–Kier alpha value is -1.33. The second kappa shape index (κ2) is 9.39. The number of aliphatic hydroxyl groups is 1. The van der Waals surface area contributed by atoms with Crippen LogP contribution in [0.2, 0.25) is 25.7 Å². The monoisotopic (exact) mass is 389 g/mol. The summed E-state index contributed by atoms with van der Waals surface area (Å²) in [7, 11) is -1.10. The maximum atomic E-state index is 11.9. The van der Waals surface area contributed by atoms with Crippen molar-refractivity contribution < 1.29 is 24.2 Å². The fourth-order valence-corrected chi connectivity index (χ4v) is 2.89. The fourth-order valence-electron chi connectivity index (χ4n) is 1.44. The van der Waals surface area contributed by atoms with Gasteiger partial charge in [-0.1, -0.05) is 19.6 Å². The third-order valence-corrected chi connectivity index (χ3v) is 5.60. The molecule has 0 aromatic carbocycles. The number of carbonyl (C=O) groups is 2. The lowest BCUT2D eigenvalue weighted by molar-refractivity contribution is -0.137. The summed E-state index contributed by atoms with van der Waals surface area (Å²) in [6, 6.07) is 1.08. The average molecular weight is 390 g/mol. The predicted molar refractivity (Wildman–Crippen MR) is 97.8 cm³/mol. The van der Waals surface area contributed by atoms with Crippen LogP contribution < -0.4 is 10.9 Å². The number of rotatable bonds is 9. The summed E-state index contributed by atoms with van der Waals surface area (Å²) in [5, 5.41) is 11.4. The number of nitrogens with zero attached hydrogens (tertiary/aromatic N) is 1. The lowest BCUT2D eigenvalue weighted by atomic mass is 10.1. The summed E-state index contributed by atoms with van der Waals surface area (Å²) in [6.07, 6.45) is 0. The minimum Gasteiger partial charge on any atom is -0.381 e. The van der Waals surface area contributed by atoms with Gasteiger partial charge in [0.15, 0.2) is 5.01 Å². The highest BCUT2D eigenvalue weighted by Gasteiger charge is 2.24. The van der Waals surface area contributed by atoms with Crippen LogP contribution in [0.1, 0.15) is 29.3 Å². The van der Waals surface area contributed by atoms with Crippen molar-refractivity contribution in [3.63, 3.8) is 0 Å². The van der Waals surface area contributed by atoms with Gasteiger partial charge < -0.3 is 14.6 Å². The summed E-state index contributed by atoms with van der Waals surface area (Å²) in [4.78, 5) is 27.5. The second-order valence-corrected chi connectivity index (χ2v) is 13.8. The molecule has 0 atom stereocenters. The van der Waals surface area contributed by atoms with E-state index in [9.17, 15) is 14.7 Å². The molecule has 0 radical (unpaired) electrons. The Morgan fingerprint density at radius 3 is 2.56 bits per heavy atom. The van der Waals surface area contributed by atoms with Gasteiger partial charge >= 0.3 is 0 Å². The van der Waals surface area contributed by atoms with Gasteiger partial charge in [-0.05, 0) is 19.9 Å². The zero-order chi connectivity index (χ0) is 19.1. The predicted octanol–water partition coefficient (Wildman–Crippen LogP) is 1.50. The number of thiazole rings is 1. The Morgan fingerprint density at radius 2 is 1.96 bits per heavy atom. The molecule has 0 bridgehead atoms. The Kier molecular flexibility index (Phi) is 8.15. The van der Waals surface area contributed by atoms with Crippen LogP contribution >= 0.6 is 11.3 Å². The van der Waals surface area contributed by atoms with Crippen molar-refractivity contribution in [3.8, 4) is 0 Å². The molecule has 1 aromatic rings. The maximum Gasteiger partial charge on any atom is 0.298 e. The Bertz CT molecular complexity index is 580. The Labute approximate surface area is 152 Å². The van der Waals surface area contributed by atoms with Crippen molar-refractivity contribution >= 4 is 31.2 Å². The van der Waals surface area contributed by atoms with Crippen LogP contribution in [0.5, 0.6) is 0 Å². The molecule has 0 aliphatic carbocycles. The number of hydrazine groups is 1. The Morgan fingerprint density at radius 1 is 1.28 bits per heavy atom. The first-order chi connectivity index (χ1) is 11.5.